The van der Waals surface area contributed by atoms with Crippen molar-refractivity contribution in [2.45, 2.75) is 25.9 Å². The van der Waals surface area contributed by atoms with Crippen LogP contribution in [0.1, 0.15) is 31.2 Å². The maximum absolute atomic E-state index is 5.76. The normalized spacial score (nSPS) is 25.4. The highest BCUT2D eigenvalue weighted by Gasteiger charge is 2.27. The fourth-order valence-electron chi connectivity index (χ4n) is 2.60. The van der Waals surface area contributed by atoms with Gasteiger partial charge in [0.25, 0.3) is 0 Å². The highest BCUT2D eigenvalue weighted by atomic mass is 16.5. The summed E-state index contributed by atoms with van der Waals surface area (Å²) in [5.74, 6) is 2.11. The lowest BCUT2D eigenvalue weighted by atomic mass is 10.00. The van der Waals surface area contributed by atoms with Gasteiger partial charge in [0.05, 0.1) is 6.61 Å². The molecule has 0 amide bonds. The van der Waals surface area contributed by atoms with Gasteiger partial charge in [-0.15, -0.1) is 0 Å². The van der Waals surface area contributed by atoms with E-state index in [0.717, 1.165) is 51.6 Å². The fourth-order valence-corrected chi connectivity index (χ4v) is 2.60. The van der Waals surface area contributed by atoms with Crippen LogP contribution in [0.4, 0.5) is 0 Å². The summed E-state index contributed by atoms with van der Waals surface area (Å²) in [6.07, 6.45) is 2.02. The molecule has 1 N–H and O–H groups in total. The second-order valence-electron chi connectivity index (χ2n) is 5.43. The van der Waals surface area contributed by atoms with E-state index in [2.05, 4.69) is 27.3 Å². The summed E-state index contributed by atoms with van der Waals surface area (Å²) in [6, 6.07) is 0. The van der Waals surface area contributed by atoms with E-state index < -0.39 is 0 Å². The van der Waals surface area contributed by atoms with Crippen molar-refractivity contribution in [3.05, 3.63) is 11.7 Å². The van der Waals surface area contributed by atoms with E-state index in [9.17, 15) is 0 Å². The minimum Gasteiger partial charge on any atom is -0.367 e. The van der Waals surface area contributed by atoms with E-state index in [-0.39, 0.29) is 6.10 Å². The molecule has 3 heterocycles. The van der Waals surface area contributed by atoms with E-state index >= 15 is 0 Å². The average Bonchev–Trinajstić information content (AvgIpc) is 2.83. The van der Waals surface area contributed by atoms with Crippen LogP contribution in [0.25, 0.3) is 0 Å². The molecular weight excluding hydrogens is 244 g/mol. The van der Waals surface area contributed by atoms with E-state index in [0.29, 0.717) is 11.7 Å². The second-order valence-corrected chi connectivity index (χ2v) is 5.43. The van der Waals surface area contributed by atoms with Gasteiger partial charge in [0.15, 0.2) is 0 Å². The Hall–Kier alpha value is -0.980. The highest BCUT2D eigenvalue weighted by molar-refractivity contribution is 4.96. The van der Waals surface area contributed by atoms with Crippen LogP contribution >= 0.6 is 0 Å². The van der Waals surface area contributed by atoms with Gasteiger partial charge in [0, 0.05) is 19.5 Å². The molecule has 1 aromatic heterocycles. The molecule has 19 heavy (non-hydrogen) atoms. The maximum atomic E-state index is 5.76. The summed E-state index contributed by atoms with van der Waals surface area (Å²) in [6.45, 7) is 8.05. The molecule has 6 nitrogen and oxygen atoms in total. The lowest BCUT2D eigenvalue weighted by Gasteiger charge is -2.30. The summed E-state index contributed by atoms with van der Waals surface area (Å²) in [5.41, 5.74) is 0. The van der Waals surface area contributed by atoms with E-state index in [1.54, 1.807) is 0 Å². The molecule has 106 valence electrons. The Bertz CT molecular complexity index is 403. The predicted molar refractivity (Wildman–Crippen MR) is 69.8 cm³/mol. The minimum atomic E-state index is -0.0303. The number of rotatable bonds is 5. The SMILES string of the molecule is CCCN1CCOC(c2noc(CC3CNC3)n2)C1. The maximum Gasteiger partial charge on any atom is 0.227 e. The summed E-state index contributed by atoms with van der Waals surface area (Å²) >= 11 is 0. The molecule has 1 unspecified atom stereocenters. The Morgan fingerprint density at radius 1 is 1.42 bits per heavy atom. The lowest BCUT2D eigenvalue weighted by molar-refractivity contribution is -0.0350. The molecule has 2 saturated heterocycles. The summed E-state index contributed by atoms with van der Waals surface area (Å²) in [5, 5.41) is 7.34. The van der Waals surface area contributed by atoms with Crippen LogP contribution in [0.3, 0.4) is 0 Å². The highest BCUT2D eigenvalue weighted by Crippen LogP contribution is 2.21. The van der Waals surface area contributed by atoms with Crippen LogP contribution in [0.5, 0.6) is 0 Å². The molecule has 3 rings (SSSR count). The number of nitrogens with zero attached hydrogens (tertiary/aromatic N) is 3. The van der Waals surface area contributed by atoms with Gasteiger partial charge in [-0.2, -0.15) is 4.98 Å². The van der Waals surface area contributed by atoms with E-state index in [4.69, 9.17) is 9.26 Å². The first kappa shape index (κ1) is 13.0. The van der Waals surface area contributed by atoms with Gasteiger partial charge < -0.3 is 14.6 Å². The van der Waals surface area contributed by atoms with Crippen molar-refractivity contribution in [1.82, 2.24) is 20.4 Å². The Labute approximate surface area is 113 Å². The molecular formula is C13H22N4O2. The van der Waals surface area contributed by atoms with Crippen molar-refractivity contribution in [2.75, 3.05) is 39.3 Å². The van der Waals surface area contributed by atoms with Gasteiger partial charge in [-0.1, -0.05) is 12.1 Å². The first-order chi connectivity index (χ1) is 9.35. The zero-order valence-corrected chi connectivity index (χ0v) is 11.5. The lowest BCUT2D eigenvalue weighted by Crippen LogP contribution is -2.43. The number of aromatic nitrogens is 2. The van der Waals surface area contributed by atoms with Crippen molar-refractivity contribution in [2.24, 2.45) is 5.92 Å². The van der Waals surface area contributed by atoms with Gasteiger partial charge in [-0.3, -0.25) is 4.90 Å². The van der Waals surface area contributed by atoms with Crippen molar-refractivity contribution in [3.63, 3.8) is 0 Å². The van der Waals surface area contributed by atoms with Crippen LogP contribution in [-0.2, 0) is 11.2 Å². The van der Waals surface area contributed by atoms with Gasteiger partial charge in [0.1, 0.15) is 6.10 Å². The van der Waals surface area contributed by atoms with Gasteiger partial charge in [0.2, 0.25) is 11.7 Å². The number of hydrogen-bond donors (Lipinski definition) is 1. The third-order valence-electron chi connectivity index (χ3n) is 3.79. The quantitative estimate of drug-likeness (QED) is 0.842. The standard InChI is InChI=1S/C13H22N4O2/c1-2-3-17-4-5-18-11(9-17)13-15-12(19-16-13)6-10-7-14-8-10/h10-11,14H,2-9H2,1H3. The molecule has 0 aliphatic carbocycles. The molecule has 0 saturated carbocycles. The predicted octanol–water partition coefficient (Wildman–Crippen LogP) is 0.615. The third-order valence-corrected chi connectivity index (χ3v) is 3.79. The Morgan fingerprint density at radius 2 is 2.32 bits per heavy atom. The van der Waals surface area contributed by atoms with Crippen LogP contribution < -0.4 is 5.32 Å². The van der Waals surface area contributed by atoms with Crippen LogP contribution in [0.15, 0.2) is 4.52 Å². The van der Waals surface area contributed by atoms with E-state index in [1.165, 1.54) is 6.42 Å². The second kappa shape index (κ2) is 5.98. The van der Waals surface area contributed by atoms with Crippen LogP contribution in [-0.4, -0.2) is 54.4 Å². The molecule has 2 aliphatic heterocycles. The summed E-state index contributed by atoms with van der Waals surface area (Å²) < 4.78 is 11.1. The molecule has 6 heteroatoms. The smallest absolute Gasteiger partial charge is 0.227 e. The third kappa shape index (κ3) is 3.13. The molecule has 1 atom stereocenters. The monoisotopic (exact) mass is 266 g/mol. The molecule has 0 bridgehead atoms. The fraction of sp³-hybridized carbons (Fsp3) is 0.846. The number of ether oxygens (including phenoxy) is 1. The summed E-state index contributed by atoms with van der Waals surface area (Å²) in [4.78, 5) is 6.90. The molecule has 0 aromatic carbocycles. The minimum absolute atomic E-state index is 0.0303. The van der Waals surface area contributed by atoms with Crippen LogP contribution in [0, 0.1) is 5.92 Å². The molecule has 1 aromatic rings. The molecule has 0 spiro atoms. The van der Waals surface area contributed by atoms with Crippen molar-refractivity contribution >= 4 is 0 Å². The zero-order valence-electron chi connectivity index (χ0n) is 11.5. The van der Waals surface area contributed by atoms with E-state index in [1.807, 2.05) is 0 Å². The van der Waals surface area contributed by atoms with Gasteiger partial charge in [-0.25, -0.2) is 0 Å². The number of hydrogen-bond acceptors (Lipinski definition) is 6. The zero-order chi connectivity index (χ0) is 13.1. The Kier molecular flexibility index (Phi) is 4.10. The van der Waals surface area contributed by atoms with Gasteiger partial charge >= 0.3 is 0 Å². The number of morpholine rings is 1. The topological polar surface area (TPSA) is 63.4 Å². The van der Waals surface area contributed by atoms with Crippen molar-refractivity contribution in [1.29, 1.82) is 0 Å². The molecule has 2 fully saturated rings. The first-order valence-corrected chi connectivity index (χ1v) is 7.22. The first-order valence-electron chi connectivity index (χ1n) is 7.22. The van der Waals surface area contributed by atoms with Crippen LogP contribution in [0.2, 0.25) is 0 Å². The van der Waals surface area contributed by atoms with Gasteiger partial charge in [-0.05, 0) is 32.0 Å². The number of nitrogens with one attached hydrogen (secondary N) is 1. The average molecular weight is 266 g/mol. The van der Waals surface area contributed by atoms with Crippen molar-refractivity contribution in [3.8, 4) is 0 Å². The Balaban J connectivity index is 1.58. The largest absolute Gasteiger partial charge is 0.367 e. The summed E-state index contributed by atoms with van der Waals surface area (Å²) in [7, 11) is 0. The molecule has 0 radical (unpaired) electrons. The Morgan fingerprint density at radius 3 is 3.05 bits per heavy atom. The molecule has 2 aliphatic rings. The van der Waals surface area contributed by atoms with Crippen molar-refractivity contribution < 1.29 is 9.26 Å².